The van der Waals surface area contributed by atoms with Gasteiger partial charge in [-0.1, -0.05) is 0 Å². The van der Waals surface area contributed by atoms with E-state index in [0.717, 1.165) is 24.5 Å². The van der Waals surface area contributed by atoms with Gasteiger partial charge in [0, 0.05) is 32.2 Å². The third-order valence-corrected chi connectivity index (χ3v) is 4.24. The predicted octanol–water partition coefficient (Wildman–Crippen LogP) is 2.94. The van der Waals surface area contributed by atoms with E-state index in [2.05, 4.69) is 30.3 Å². The predicted molar refractivity (Wildman–Crippen MR) is 100 cm³/mol. The first-order chi connectivity index (χ1) is 13.3. The molecule has 0 bridgehead atoms. The number of rotatable bonds is 3. The molecular formula is C18H22F3N5O2. The van der Waals surface area contributed by atoms with Crippen LogP contribution in [0.2, 0.25) is 0 Å². The van der Waals surface area contributed by atoms with Crippen molar-refractivity contribution in [2.24, 2.45) is 9.98 Å². The Labute approximate surface area is 160 Å². The fourth-order valence-corrected chi connectivity index (χ4v) is 2.91. The van der Waals surface area contributed by atoms with Crippen molar-refractivity contribution < 1.29 is 22.6 Å². The summed E-state index contributed by atoms with van der Waals surface area (Å²) in [6, 6.07) is 5.43. The molecule has 152 valence electrons. The average molecular weight is 397 g/mol. The maximum atomic E-state index is 12.3. The van der Waals surface area contributed by atoms with Gasteiger partial charge in [-0.3, -0.25) is 0 Å². The van der Waals surface area contributed by atoms with Gasteiger partial charge in [-0.25, -0.2) is 0 Å². The maximum Gasteiger partial charge on any atom is 0.573 e. The molecule has 0 spiro atoms. The minimum atomic E-state index is -4.72. The second-order valence-electron chi connectivity index (χ2n) is 6.32. The molecule has 2 aliphatic rings. The van der Waals surface area contributed by atoms with E-state index in [1.54, 1.807) is 7.05 Å². The van der Waals surface area contributed by atoms with E-state index in [9.17, 15) is 13.2 Å². The molecule has 1 fully saturated rings. The molecular weight excluding hydrogens is 375 g/mol. The summed E-state index contributed by atoms with van der Waals surface area (Å²) in [6.45, 7) is 4.76. The van der Waals surface area contributed by atoms with E-state index >= 15 is 0 Å². The third kappa shape index (κ3) is 5.38. The van der Waals surface area contributed by atoms with E-state index in [0.29, 0.717) is 37.1 Å². The lowest BCUT2D eigenvalue weighted by molar-refractivity contribution is -0.274. The number of nitrogens with one attached hydrogen (secondary N) is 2. The molecule has 2 heterocycles. The number of benzene rings is 1. The summed E-state index contributed by atoms with van der Waals surface area (Å²) in [6.07, 6.45) is -4.08. The van der Waals surface area contributed by atoms with Gasteiger partial charge in [0.1, 0.15) is 17.4 Å². The van der Waals surface area contributed by atoms with Gasteiger partial charge in [0.25, 0.3) is 0 Å². The lowest BCUT2D eigenvalue weighted by Crippen LogP contribution is -2.41. The molecule has 0 aliphatic carbocycles. The van der Waals surface area contributed by atoms with Gasteiger partial charge in [0.2, 0.25) is 5.96 Å². The zero-order valence-corrected chi connectivity index (χ0v) is 15.6. The Hall–Kier alpha value is -2.75. The SMILES string of the molecule is CNC1=C(C)CC(N2CCOCC2)=NC(Nc2ccc(OC(F)(F)F)cc2)=N1. The Bertz CT molecular complexity index is 781. The third-order valence-electron chi connectivity index (χ3n) is 4.24. The smallest absolute Gasteiger partial charge is 0.406 e. The van der Waals surface area contributed by atoms with Crippen LogP contribution in [0.3, 0.4) is 0 Å². The van der Waals surface area contributed by atoms with E-state index in [1.165, 1.54) is 24.3 Å². The molecule has 0 atom stereocenters. The van der Waals surface area contributed by atoms with Gasteiger partial charge in [-0.15, -0.1) is 13.2 Å². The van der Waals surface area contributed by atoms with Gasteiger partial charge in [-0.05, 0) is 36.8 Å². The fraction of sp³-hybridized carbons (Fsp3) is 0.444. The van der Waals surface area contributed by atoms with Crippen molar-refractivity contribution in [1.82, 2.24) is 10.2 Å². The number of alkyl halides is 3. The highest BCUT2D eigenvalue weighted by Crippen LogP contribution is 2.24. The highest BCUT2D eigenvalue weighted by molar-refractivity contribution is 6.04. The van der Waals surface area contributed by atoms with Crippen LogP contribution in [0.25, 0.3) is 0 Å². The molecule has 1 aromatic carbocycles. The van der Waals surface area contributed by atoms with E-state index in [-0.39, 0.29) is 5.75 Å². The van der Waals surface area contributed by atoms with Crippen molar-refractivity contribution in [2.75, 3.05) is 38.7 Å². The van der Waals surface area contributed by atoms with Crippen LogP contribution in [-0.4, -0.2) is 56.4 Å². The van der Waals surface area contributed by atoms with E-state index < -0.39 is 6.36 Å². The molecule has 0 saturated carbocycles. The molecule has 3 rings (SSSR count). The van der Waals surface area contributed by atoms with Crippen molar-refractivity contribution in [1.29, 1.82) is 0 Å². The Morgan fingerprint density at radius 2 is 1.79 bits per heavy atom. The van der Waals surface area contributed by atoms with Crippen LogP contribution in [0.4, 0.5) is 18.9 Å². The Balaban J connectivity index is 1.80. The number of guanidine groups is 1. The number of halogens is 3. The zero-order chi connectivity index (χ0) is 20.1. The standard InChI is InChI=1S/C18H22F3N5O2/c1-12-11-15(26-7-9-27-10-8-26)24-17(25-16(12)22-2)23-13-3-5-14(6-4-13)28-18(19,20)21/h3-6,22H,7-11H2,1-2H3,(H,23,25). The largest absolute Gasteiger partial charge is 0.573 e. The molecule has 0 aromatic heterocycles. The molecule has 0 radical (unpaired) electrons. The van der Waals surface area contributed by atoms with Crippen LogP contribution in [0, 0.1) is 0 Å². The Kier molecular flexibility index (Phi) is 6.08. The Morgan fingerprint density at radius 3 is 2.39 bits per heavy atom. The summed E-state index contributed by atoms with van der Waals surface area (Å²) in [5.74, 6) is 1.64. The average Bonchev–Trinajstić information content (AvgIpc) is 2.81. The monoisotopic (exact) mass is 397 g/mol. The van der Waals surface area contributed by atoms with E-state index in [1.807, 2.05) is 6.92 Å². The number of hydrogen-bond donors (Lipinski definition) is 2. The zero-order valence-electron chi connectivity index (χ0n) is 15.6. The number of anilines is 1. The second-order valence-corrected chi connectivity index (χ2v) is 6.32. The normalized spacial score (nSPS) is 18.2. The van der Waals surface area contributed by atoms with Gasteiger partial charge >= 0.3 is 6.36 Å². The first kappa shape index (κ1) is 20.0. The molecule has 7 nitrogen and oxygen atoms in total. The minimum absolute atomic E-state index is 0.287. The number of amidine groups is 1. The summed E-state index contributed by atoms with van der Waals surface area (Å²) >= 11 is 0. The van der Waals surface area contributed by atoms with Gasteiger partial charge in [0.15, 0.2) is 0 Å². The van der Waals surface area contributed by atoms with Gasteiger partial charge in [0.05, 0.1) is 13.2 Å². The Morgan fingerprint density at radius 1 is 1.11 bits per heavy atom. The molecule has 28 heavy (non-hydrogen) atoms. The lowest BCUT2D eigenvalue weighted by Gasteiger charge is -2.29. The highest BCUT2D eigenvalue weighted by atomic mass is 19.4. The first-order valence-corrected chi connectivity index (χ1v) is 8.83. The molecule has 0 amide bonds. The summed E-state index contributed by atoms with van der Waals surface area (Å²) in [5, 5.41) is 6.12. The van der Waals surface area contributed by atoms with Crippen molar-refractivity contribution in [3.05, 3.63) is 35.7 Å². The number of morpholine rings is 1. The number of hydrogen-bond acceptors (Lipinski definition) is 7. The minimum Gasteiger partial charge on any atom is -0.406 e. The quantitative estimate of drug-likeness (QED) is 0.821. The fourth-order valence-electron chi connectivity index (χ4n) is 2.91. The number of nitrogens with zero attached hydrogens (tertiary/aromatic N) is 3. The van der Waals surface area contributed by atoms with Crippen LogP contribution in [-0.2, 0) is 4.74 Å². The van der Waals surface area contributed by atoms with Crippen LogP contribution < -0.4 is 15.4 Å². The molecule has 2 aliphatic heterocycles. The lowest BCUT2D eigenvalue weighted by atomic mass is 10.2. The van der Waals surface area contributed by atoms with Crippen molar-refractivity contribution in [3.8, 4) is 5.75 Å². The summed E-state index contributed by atoms with van der Waals surface area (Å²) < 4.78 is 46.2. The highest BCUT2D eigenvalue weighted by Gasteiger charge is 2.31. The molecule has 0 unspecified atom stereocenters. The van der Waals surface area contributed by atoms with Crippen molar-refractivity contribution in [2.45, 2.75) is 19.7 Å². The molecule has 2 N–H and O–H groups in total. The summed E-state index contributed by atoms with van der Waals surface area (Å²) in [5.41, 5.74) is 1.59. The van der Waals surface area contributed by atoms with E-state index in [4.69, 9.17) is 4.74 Å². The van der Waals surface area contributed by atoms with Crippen LogP contribution >= 0.6 is 0 Å². The maximum absolute atomic E-state index is 12.3. The van der Waals surface area contributed by atoms with Gasteiger partial charge in [-0.2, -0.15) is 9.98 Å². The van der Waals surface area contributed by atoms with Gasteiger partial charge < -0.3 is 25.0 Å². The summed E-state index contributed by atoms with van der Waals surface area (Å²) in [4.78, 5) is 11.3. The van der Waals surface area contributed by atoms with Crippen LogP contribution in [0.1, 0.15) is 13.3 Å². The first-order valence-electron chi connectivity index (χ1n) is 8.83. The van der Waals surface area contributed by atoms with Crippen LogP contribution in [0.15, 0.2) is 45.6 Å². The summed E-state index contributed by atoms with van der Waals surface area (Å²) in [7, 11) is 1.78. The molecule has 1 saturated heterocycles. The molecule has 10 heteroatoms. The molecule has 1 aromatic rings. The van der Waals surface area contributed by atoms with Crippen molar-refractivity contribution in [3.63, 3.8) is 0 Å². The topological polar surface area (TPSA) is 70.5 Å². The van der Waals surface area contributed by atoms with Crippen LogP contribution in [0.5, 0.6) is 5.75 Å². The van der Waals surface area contributed by atoms with Crippen molar-refractivity contribution >= 4 is 17.5 Å². The second kappa shape index (κ2) is 8.51. The number of aliphatic imine (C=N–C) groups is 2. The number of ether oxygens (including phenoxy) is 2.